The SMILES string of the molecule is CCOC(C)OCC.[Ti]. The molecule has 0 aromatic heterocycles. The Kier molecular flexibility index (Phi) is 11.8. The molecular formula is C6H14O2Ti. The summed E-state index contributed by atoms with van der Waals surface area (Å²) in [4.78, 5) is 0. The first-order valence-electron chi connectivity index (χ1n) is 3.04. The third kappa shape index (κ3) is 8.63. The molecule has 0 atom stereocenters. The Hall–Kier alpha value is 0.634. The molecule has 0 radical (unpaired) electrons. The Morgan fingerprint density at radius 2 is 1.44 bits per heavy atom. The summed E-state index contributed by atoms with van der Waals surface area (Å²) in [6.45, 7) is 7.25. The first-order valence-corrected chi connectivity index (χ1v) is 3.04. The zero-order chi connectivity index (χ0) is 6.41. The minimum Gasteiger partial charge on any atom is -0.353 e. The fourth-order valence-electron chi connectivity index (χ4n) is 0.518. The van der Waals surface area contributed by atoms with E-state index >= 15 is 0 Å². The molecule has 2 nitrogen and oxygen atoms in total. The van der Waals surface area contributed by atoms with Crippen LogP contribution in [-0.4, -0.2) is 19.5 Å². The van der Waals surface area contributed by atoms with Crippen LogP contribution in [0.2, 0.25) is 0 Å². The van der Waals surface area contributed by atoms with Crippen LogP contribution in [0.4, 0.5) is 0 Å². The molecule has 0 unspecified atom stereocenters. The maximum Gasteiger partial charge on any atom is 0.154 e. The molecule has 0 saturated heterocycles. The fourth-order valence-corrected chi connectivity index (χ4v) is 0.518. The van der Waals surface area contributed by atoms with Gasteiger partial charge in [-0.15, -0.1) is 0 Å². The molecule has 0 N–H and O–H groups in total. The zero-order valence-electron chi connectivity index (χ0n) is 6.31. The quantitative estimate of drug-likeness (QED) is 0.464. The van der Waals surface area contributed by atoms with Crippen LogP contribution < -0.4 is 0 Å². The third-order valence-corrected chi connectivity index (χ3v) is 0.803. The third-order valence-electron chi connectivity index (χ3n) is 0.803. The first kappa shape index (κ1) is 12.3. The summed E-state index contributed by atoms with van der Waals surface area (Å²) in [6.07, 6.45) is -0.0370. The van der Waals surface area contributed by atoms with Crippen molar-refractivity contribution in [1.82, 2.24) is 0 Å². The van der Waals surface area contributed by atoms with Crippen molar-refractivity contribution in [1.29, 1.82) is 0 Å². The average Bonchev–Trinajstić information content (AvgIpc) is 1.68. The molecule has 0 amide bonds. The summed E-state index contributed by atoms with van der Waals surface area (Å²) in [7, 11) is 0. The Bertz CT molecular complexity index is 44.3. The molecule has 0 rings (SSSR count). The number of hydrogen-bond acceptors (Lipinski definition) is 2. The molecule has 0 bridgehead atoms. The largest absolute Gasteiger partial charge is 0.353 e. The molecule has 54 valence electrons. The maximum atomic E-state index is 5.06. The van der Waals surface area contributed by atoms with Crippen molar-refractivity contribution in [2.75, 3.05) is 13.2 Å². The monoisotopic (exact) mass is 166 g/mol. The molecule has 0 aromatic rings. The van der Waals surface area contributed by atoms with Crippen molar-refractivity contribution < 1.29 is 31.2 Å². The molecule has 0 fully saturated rings. The van der Waals surface area contributed by atoms with E-state index in [0.29, 0.717) is 0 Å². The summed E-state index contributed by atoms with van der Waals surface area (Å²) in [5.74, 6) is 0. The average molecular weight is 166 g/mol. The second-order valence-electron chi connectivity index (χ2n) is 1.48. The molecule has 0 saturated carbocycles. The van der Waals surface area contributed by atoms with E-state index < -0.39 is 0 Å². The Balaban J connectivity index is 0. The Morgan fingerprint density at radius 1 is 1.11 bits per heavy atom. The van der Waals surface area contributed by atoms with Crippen LogP contribution in [0, 0.1) is 0 Å². The second kappa shape index (κ2) is 8.63. The van der Waals surface area contributed by atoms with E-state index in [1.165, 1.54) is 0 Å². The van der Waals surface area contributed by atoms with E-state index in [2.05, 4.69) is 0 Å². The zero-order valence-corrected chi connectivity index (χ0v) is 7.87. The molecule has 0 spiro atoms. The van der Waals surface area contributed by atoms with Crippen LogP contribution in [-0.2, 0) is 31.2 Å². The standard InChI is InChI=1S/C6H14O2.Ti/c1-4-7-6(3)8-5-2;/h6H,4-5H2,1-3H3;. The van der Waals surface area contributed by atoms with Gasteiger partial charge in [-0.3, -0.25) is 0 Å². The van der Waals surface area contributed by atoms with Crippen molar-refractivity contribution in [2.24, 2.45) is 0 Å². The van der Waals surface area contributed by atoms with Crippen LogP contribution >= 0.6 is 0 Å². The van der Waals surface area contributed by atoms with Gasteiger partial charge in [-0.05, 0) is 20.8 Å². The van der Waals surface area contributed by atoms with Gasteiger partial charge in [0.2, 0.25) is 0 Å². The van der Waals surface area contributed by atoms with Crippen LogP contribution in [0.3, 0.4) is 0 Å². The molecule has 0 aliphatic rings. The van der Waals surface area contributed by atoms with E-state index in [-0.39, 0.29) is 28.0 Å². The summed E-state index contributed by atoms with van der Waals surface area (Å²) >= 11 is 0. The van der Waals surface area contributed by atoms with Crippen molar-refractivity contribution in [3.8, 4) is 0 Å². The Labute approximate surface area is 71.8 Å². The van der Waals surface area contributed by atoms with Crippen molar-refractivity contribution in [3.05, 3.63) is 0 Å². The van der Waals surface area contributed by atoms with E-state index in [1.807, 2.05) is 20.8 Å². The van der Waals surface area contributed by atoms with Gasteiger partial charge in [0.05, 0.1) is 0 Å². The van der Waals surface area contributed by atoms with Crippen molar-refractivity contribution in [3.63, 3.8) is 0 Å². The van der Waals surface area contributed by atoms with Gasteiger partial charge in [-0.25, -0.2) is 0 Å². The normalized spacial score (nSPS) is 9.33. The molecule has 9 heavy (non-hydrogen) atoms. The molecule has 0 aliphatic carbocycles. The van der Waals surface area contributed by atoms with Gasteiger partial charge in [-0.1, -0.05) is 0 Å². The van der Waals surface area contributed by atoms with Crippen LogP contribution in [0.5, 0.6) is 0 Å². The number of hydrogen-bond donors (Lipinski definition) is 0. The maximum absolute atomic E-state index is 5.06. The molecule has 3 heteroatoms. The molecule has 0 heterocycles. The van der Waals surface area contributed by atoms with Gasteiger partial charge in [0.15, 0.2) is 6.29 Å². The van der Waals surface area contributed by atoms with Gasteiger partial charge in [0, 0.05) is 34.9 Å². The van der Waals surface area contributed by atoms with E-state index in [1.54, 1.807) is 0 Å². The Morgan fingerprint density at radius 3 is 1.67 bits per heavy atom. The smallest absolute Gasteiger partial charge is 0.154 e. The number of rotatable bonds is 4. The van der Waals surface area contributed by atoms with Gasteiger partial charge in [0.25, 0.3) is 0 Å². The van der Waals surface area contributed by atoms with Gasteiger partial charge in [-0.2, -0.15) is 0 Å². The topological polar surface area (TPSA) is 18.5 Å². The van der Waals surface area contributed by atoms with Crippen molar-refractivity contribution in [2.45, 2.75) is 27.1 Å². The number of ether oxygens (including phenoxy) is 2. The summed E-state index contributed by atoms with van der Waals surface area (Å²) < 4.78 is 10.1. The van der Waals surface area contributed by atoms with Crippen LogP contribution in [0.25, 0.3) is 0 Å². The second-order valence-corrected chi connectivity index (χ2v) is 1.48. The van der Waals surface area contributed by atoms with Gasteiger partial charge in [0.1, 0.15) is 0 Å². The predicted molar refractivity (Wildman–Crippen MR) is 32.7 cm³/mol. The van der Waals surface area contributed by atoms with Gasteiger partial charge >= 0.3 is 0 Å². The van der Waals surface area contributed by atoms with E-state index in [9.17, 15) is 0 Å². The molecule has 0 aliphatic heterocycles. The van der Waals surface area contributed by atoms with Crippen LogP contribution in [0.1, 0.15) is 20.8 Å². The minimum absolute atomic E-state index is 0. The van der Waals surface area contributed by atoms with Crippen molar-refractivity contribution >= 4 is 0 Å². The summed E-state index contributed by atoms with van der Waals surface area (Å²) in [5, 5.41) is 0. The molecule has 0 aromatic carbocycles. The van der Waals surface area contributed by atoms with Crippen LogP contribution in [0.15, 0.2) is 0 Å². The molecular weight excluding hydrogens is 152 g/mol. The predicted octanol–water partition coefficient (Wildman–Crippen LogP) is 1.40. The van der Waals surface area contributed by atoms with E-state index in [0.717, 1.165) is 13.2 Å². The summed E-state index contributed by atoms with van der Waals surface area (Å²) in [5.41, 5.74) is 0. The van der Waals surface area contributed by atoms with E-state index in [4.69, 9.17) is 9.47 Å². The minimum atomic E-state index is -0.0370. The fraction of sp³-hybridized carbons (Fsp3) is 1.00. The first-order chi connectivity index (χ1) is 3.81. The summed E-state index contributed by atoms with van der Waals surface area (Å²) in [6, 6.07) is 0. The van der Waals surface area contributed by atoms with Gasteiger partial charge < -0.3 is 9.47 Å².